The first-order valence-corrected chi connectivity index (χ1v) is 6.94. The molecule has 106 valence electrons. The van der Waals surface area contributed by atoms with Gasteiger partial charge in [0.05, 0.1) is 6.04 Å². The average molecular weight is 271 g/mol. The summed E-state index contributed by atoms with van der Waals surface area (Å²) in [6.07, 6.45) is 3.86. The third-order valence-corrected chi connectivity index (χ3v) is 3.33. The number of nitrogens with one attached hydrogen (secondary N) is 1. The second kappa shape index (κ2) is 7.01. The molecule has 1 aromatic carbocycles. The maximum absolute atomic E-state index is 9.25. The number of benzene rings is 1. The average Bonchev–Trinajstić information content (AvgIpc) is 2.48. The van der Waals surface area contributed by atoms with E-state index in [1.807, 2.05) is 6.07 Å². The van der Waals surface area contributed by atoms with E-state index in [4.69, 9.17) is 0 Å². The zero-order chi connectivity index (χ0) is 14.4. The number of anilines is 1. The molecule has 0 aliphatic rings. The van der Waals surface area contributed by atoms with Gasteiger partial charge in [0, 0.05) is 12.8 Å². The molecule has 0 unspecified atom stereocenters. The molecule has 2 rings (SSSR count). The molecule has 1 atom stereocenters. The monoisotopic (exact) mass is 271 g/mol. The van der Waals surface area contributed by atoms with Crippen LogP contribution in [0.25, 0.3) is 0 Å². The fourth-order valence-corrected chi connectivity index (χ4v) is 2.12. The lowest BCUT2D eigenvalue weighted by molar-refractivity contribution is 0.280. The topological polar surface area (TPSA) is 58.0 Å². The Morgan fingerprint density at radius 1 is 1.10 bits per heavy atom. The van der Waals surface area contributed by atoms with Gasteiger partial charge < -0.3 is 10.4 Å². The third-order valence-electron chi connectivity index (χ3n) is 3.33. The van der Waals surface area contributed by atoms with Crippen LogP contribution in [0.4, 0.5) is 5.82 Å². The van der Waals surface area contributed by atoms with Gasteiger partial charge in [0.15, 0.2) is 0 Å². The number of rotatable bonds is 6. The van der Waals surface area contributed by atoms with Crippen LogP contribution >= 0.6 is 0 Å². The van der Waals surface area contributed by atoms with Gasteiger partial charge in [-0.1, -0.05) is 38.1 Å². The number of hydrogen-bond acceptors (Lipinski definition) is 4. The molecule has 0 radical (unpaired) electrons. The van der Waals surface area contributed by atoms with Crippen LogP contribution in [0.3, 0.4) is 0 Å². The van der Waals surface area contributed by atoms with Crippen molar-refractivity contribution in [2.45, 2.75) is 32.2 Å². The normalized spacial score (nSPS) is 12.4. The minimum atomic E-state index is 0.0520. The van der Waals surface area contributed by atoms with Crippen LogP contribution in [0.1, 0.15) is 43.4 Å². The first kappa shape index (κ1) is 14.5. The van der Waals surface area contributed by atoms with Gasteiger partial charge in [-0.2, -0.15) is 0 Å². The van der Waals surface area contributed by atoms with Crippen LogP contribution in [0.2, 0.25) is 0 Å². The Morgan fingerprint density at radius 3 is 2.35 bits per heavy atom. The van der Waals surface area contributed by atoms with E-state index in [1.54, 1.807) is 6.20 Å². The van der Waals surface area contributed by atoms with Crippen LogP contribution in [-0.2, 0) is 0 Å². The van der Waals surface area contributed by atoms with Crippen molar-refractivity contribution in [3.63, 3.8) is 0 Å². The highest BCUT2D eigenvalue weighted by Crippen LogP contribution is 2.23. The molecule has 2 aromatic rings. The standard InChI is InChI=1S/C16H21N3O/c1-12(2)13-3-5-14(6-4-13)15(8-10-20)19-16-7-9-17-11-18-16/h3-7,9,11-12,15,20H,8,10H2,1-2H3,(H,17,18,19)/t15-/m1/s1. The molecular weight excluding hydrogens is 250 g/mol. The maximum atomic E-state index is 9.25. The molecule has 0 saturated heterocycles. The number of hydrogen-bond donors (Lipinski definition) is 2. The quantitative estimate of drug-likeness (QED) is 0.847. The summed E-state index contributed by atoms with van der Waals surface area (Å²) >= 11 is 0. The molecular formula is C16H21N3O. The van der Waals surface area contributed by atoms with E-state index in [0.29, 0.717) is 12.3 Å². The molecule has 4 heteroatoms. The predicted molar refractivity (Wildman–Crippen MR) is 80.6 cm³/mol. The van der Waals surface area contributed by atoms with Crippen LogP contribution in [0.5, 0.6) is 0 Å². The van der Waals surface area contributed by atoms with Crippen LogP contribution in [0.15, 0.2) is 42.9 Å². The molecule has 20 heavy (non-hydrogen) atoms. The molecule has 0 aliphatic heterocycles. The van der Waals surface area contributed by atoms with Crippen LogP contribution in [0, 0.1) is 0 Å². The van der Waals surface area contributed by atoms with Crippen molar-refractivity contribution in [3.8, 4) is 0 Å². The molecule has 2 N–H and O–H groups in total. The van der Waals surface area contributed by atoms with Crippen molar-refractivity contribution >= 4 is 5.82 Å². The summed E-state index contributed by atoms with van der Waals surface area (Å²) in [5.41, 5.74) is 2.47. The number of aliphatic hydroxyl groups is 1. The second-order valence-corrected chi connectivity index (χ2v) is 5.13. The lowest BCUT2D eigenvalue weighted by Gasteiger charge is -2.19. The Kier molecular flexibility index (Phi) is 5.07. The Balaban J connectivity index is 2.15. The van der Waals surface area contributed by atoms with E-state index in [0.717, 1.165) is 11.4 Å². The summed E-state index contributed by atoms with van der Waals surface area (Å²) in [4.78, 5) is 8.07. The van der Waals surface area contributed by atoms with Crippen LogP contribution in [-0.4, -0.2) is 21.7 Å². The summed E-state index contributed by atoms with van der Waals surface area (Å²) < 4.78 is 0. The van der Waals surface area contributed by atoms with E-state index in [1.165, 1.54) is 11.9 Å². The molecule has 0 bridgehead atoms. The lowest BCUT2D eigenvalue weighted by Crippen LogP contribution is -2.13. The van der Waals surface area contributed by atoms with Gasteiger partial charge in [0.25, 0.3) is 0 Å². The van der Waals surface area contributed by atoms with Crippen molar-refractivity contribution in [1.29, 1.82) is 0 Å². The fraction of sp³-hybridized carbons (Fsp3) is 0.375. The Labute approximate surface area is 119 Å². The summed E-state index contributed by atoms with van der Waals surface area (Å²) in [5.74, 6) is 1.29. The van der Waals surface area contributed by atoms with E-state index in [2.05, 4.69) is 53.4 Å². The third kappa shape index (κ3) is 3.78. The van der Waals surface area contributed by atoms with Gasteiger partial charge in [-0.3, -0.25) is 0 Å². The Morgan fingerprint density at radius 2 is 1.80 bits per heavy atom. The smallest absolute Gasteiger partial charge is 0.129 e. The van der Waals surface area contributed by atoms with E-state index in [9.17, 15) is 5.11 Å². The van der Waals surface area contributed by atoms with Gasteiger partial charge >= 0.3 is 0 Å². The van der Waals surface area contributed by atoms with Gasteiger partial charge in [0.2, 0.25) is 0 Å². The van der Waals surface area contributed by atoms with E-state index >= 15 is 0 Å². The Bertz CT molecular complexity index is 511. The van der Waals surface area contributed by atoms with Crippen molar-refractivity contribution in [2.24, 2.45) is 0 Å². The fourth-order valence-electron chi connectivity index (χ4n) is 2.12. The first-order chi connectivity index (χ1) is 9.70. The predicted octanol–water partition coefficient (Wildman–Crippen LogP) is 3.14. The minimum Gasteiger partial charge on any atom is -0.396 e. The first-order valence-electron chi connectivity index (χ1n) is 6.94. The van der Waals surface area contributed by atoms with Gasteiger partial charge in [0.1, 0.15) is 12.1 Å². The summed E-state index contributed by atoms with van der Waals surface area (Å²) in [6.45, 7) is 4.49. The number of aliphatic hydroxyl groups excluding tert-OH is 1. The number of aromatic nitrogens is 2. The largest absolute Gasteiger partial charge is 0.396 e. The van der Waals surface area contributed by atoms with Crippen molar-refractivity contribution in [2.75, 3.05) is 11.9 Å². The van der Waals surface area contributed by atoms with Crippen molar-refractivity contribution in [3.05, 3.63) is 54.0 Å². The zero-order valence-corrected chi connectivity index (χ0v) is 12.0. The maximum Gasteiger partial charge on any atom is 0.129 e. The van der Waals surface area contributed by atoms with E-state index < -0.39 is 0 Å². The van der Waals surface area contributed by atoms with Crippen LogP contribution < -0.4 is 5.32 Å². The molecule has 1 aromatic heterocycles. The summed E-state index contributed by atoms with van der Waals surface area (Å²) in [6, 6.07) is 10.4. The highest BCUT2D eigenvalue weighted by atomic mass is 16.3. The van der Waals surface area contributed by atoms with Crippen molar-refractivity contribution < 1.29 is 5.11 Å². The minimum absolute atomic E-state index is 0.0520. The van der Waals surface area contributed by atoms with Crippen molar-refractivity contribution in [1.82, 2.24) is 9.97 Å². The molecule has 0 fully saturated rings. The SMILES string of the molecule is CC(C)c1ccc([C@@H](CCO)Nc2ccncn2)cc1. The molecule has 1 heterocycles. The summed E-state index contributed by atoms with van der Waals surface area (Å²) in [7, 11) is 0. The molecule has 0 amide bonds. The second-order valence-electron chi connectivity index (χ2n) is 5.13. The zero-order valence-electron chi connectivity index (χ0n) is 12.0. The van der Waals surface area contributed by atoms with E-state index in [-0.39, 0.29) is 12.6 Å². The highest BCUT2D eigenvalue weighted by molar-refractivity contribution is 5.37. The number of nitrogens with zero attached hydrogens (tertiary/aromatic N) is 2. The highest BCUT2D eigenvalue weighted by Gasteiger charge is 2.12. The van der Waals surface area contributed by atoms with Gasteiger partial charge in [-0.05, 0) is 29.5 Å². The molecule has 0 spiro atoms. The molecule has 4 nitrogen and oxygen atoms in total. The molecule has 0 saturated carbocycles. The Hall–Kier alpha value is -1.94. The van der Waals surface area contributed by atoms with Gasteiger partial charge in [-0.25, -0.2) is 9.97 Å². The van der Waals surface area contributed by atoms with Gasteiger partial charge in [-0.15, -0.1) is 0 Å². The molecule has 0 aliphatic carbocycles. The summed E-state index contributed by atoms with van der Waals surface area (Å²) in [5, 5.41) is 12.6. The lowest BCUT2D eigenvalue weighted by atomic mass is 9.98.